The van der Waals surface area contributed by atoms with E-state index in [1.54, 1.807) is 0 Å². The summed E-state index contributed by atoms with van der Waals surface area (Å²) in [6.45, 7) is 16.7. The van der Waals surface area contributed by atoms with Crippen LogP contribution < -0.4 is 10.6 Å². The van der Waals surface area contributed by atoms with Crippen molar-refractivity contribution in [2.75, 3.05) is 18.1 Å². The highest BCUT2D eigenvalue weighted by atomic mass is 16.5. The van der Waals surface area contributed by atoms with Crippen molar-refractivity contribution in [2.45, 2.75) is 78.3 Å². The molecule has 0 spiro atoms. The summed E-state index contributed by atoms with van der Waals surface area (Å²) in [5.41, 5.74) is 11.4. The summed E-state index contributed by atoms with van der Waals surface area (Å²) >= 11 is 0. The van der Waals surface area contributed by atoms with Crippen molar-refractivity contribution in [3.63, 3.8) is 0 Å². The zero-order valence-electron chi connectivity index (χ0n) is 20.8. The number of nitrogens with zero attached hydrogens (tertiary/aromatic N) is 3. The maximum atomic E-state index is 6.68. The molecule has 0 aromatic heterocycles. The molecular formula is C27H40N4O. The zero-order chi connectivity index (χ0) is 23.5. The molecule has 3 unspecified atom stereocenters. The van der Waals surface area contributed by atoms with Crippen LogP contribution in [-0.4, -0.2) is 36.3 Å². The molecule has 174 valence electrons. The highest BCUT2D eigenvalue weighted by Gasteiger charge is 2.26. The van der Waals surface area contributed by atoms with Crippen molar-refractivity contribution < 1.29 is 4.74 Å². The topological polar surface area (TPSA) is 54.1 Å². The van der Waals surface area contributed by atoms with E-state index in [9.17, 15) is 0 Å². The Morgan fingerprint density at radius 2 is 1.53 bits per heavy atom. The minimum absolute atomic E-state index is 0.0968. The molecule has 1 aliphatic rings. The SMILES string of the molecule is CCC(C)c1ccc(N(/C(N)=N/N2C(C)COCC2C)c2ccc(C(C)(C)C)cc2)cc1. The van der Waals surface area contributed by atoms with Gasteiger partial charge in [-0.25, -0.2) is 0 Å². The van der Waals surface area contributed by atoms with Gasteiger partial charge in [0.2, 0.25) is 5.96 Å². The molecule has 5 heteroatoms. The Morgan fingerprint density at radius 1 is 1.03 bits per heavy atom. The van der Waals surface area contributed by atoms with Gasteiger partial charge in [0.1, 0.15) is 0 Å². The van der Waals surface area contributed by atoms with Gasteiger partial charge in [-0.3, -0.25) is 9.91 Å². The van der Waals surface area contributed by atoms with E-state index in [1.165, 1.54) is 11.1 Å². The van der Waals surface area contributed by atoms with Crippen molar-refractivity contribution in [1.82, 2.24) is 5.01 Å². The van der Waals surface area contributed by atoms with Gasteiger partial charge in [0.25, 0.3) is 0 Å². The summed E-state index contributed by atoms with van der Waals surface area (Å²) < 4.78 is 5.66. The third-order valence-electron chi connectivity index (χ3n) is 6.39. The number of rotatable bonds is 5. The normalized spacial score (nSPS) is 20.8. The molecule has 1 fully saturated rings. The van der Waals surface area contributed by atoms with Crippen LogP contribution in [0.1, 0.15) is 71.9 Å². The van der Waals surface area contributed by atoms with Gasteiger partial charge in [-0.15, -0.1) is 5.10 Å². The van der Waals surface area contributed by atoms with Gasteiger partial charge in [0, 0.05) is 11.4 Å². The fourth-order valence-electron chi connectivity index (χ4n) is 4.07. The average Bonchev–Trinajstić information content (AvgIpc) is 2.76. The predicted molar refractivity (Wildman–Crippen MR) is 136 cm³/mol. The van der Waals surface area contributed by atoms with Crippen LogP contribution in [0.3, 0.4) is 0 Å². The highest BCUT2D eigenvalue weighted by Crippen LogP contribution is 2.31. The number of ether oxygens (including phenoxy) is 1. The predicted octanol–water partition coefficient (Wildman–Crippen LogP) is 5.97. The van der Waals surface area contributed by atoms with Gasteiger partial charge in [-0.05, 0) is 67.0 Å². The van der Waals surface area contributed by atoms with Crippen LogP contribution >= 0.6 is 0 Å². The van der Waals surface area contributed by atoms with Gasteiger partial charge >= 0.3 is 0 Å². The van der Waals surface area contributed by atoms with Crippen molar-refractivity contribution >= 4 is 17.3 Å². The van der Waals surface area contributed by atoms with Crippen molar-refractivity contribution in [2.24, 2.45) is 10.8 Å². The van der Waals surface area contributed by atoms with E-state index in [0.717, 1.165) is 17.8 Å². The lowest BCUT2D eigenvalue weighted by Gasteiger charge is -2.37. The minimum Gasteiger partial charge on any atom is -0.377 e. The zero-order valence-corrected chi connectivity index (χ0v) is 20.8. The molecule has 1 heterocycles. The number of morpholine rings is 1. The lowest BCUT2D eigenvalue weighted by atomic mass is 9.87. The minimum atomic E-state index is 0.0968. The van der Waals surface area contributed by atoms with Gasteiger partial charge in [0.05, 0.1) is 25.3 Å². The lowest BCUT2D eigenvalue weighted by molar-refractivity contribution is -0.0355. The standard InChI is InChI=1S/C27H40N4O/c1-8-19(2)22-9-13-24(14-10-22)30(25-15-11-23(12-16-25)27(5,6)7)26(28)29-31-20(3)17-32-18-21(31)4/h9-16,19-21H,8,17-18H2,1-7H3,(H2,28,29). The smallest absolute Gasteiger partial charge is 0.223 e. The Hall–Kier alpha value is -2.53. The van der Waals surface area contributed by atoms with Crippen molar-refractivity contribution in [1.29, 1.82) is 0 Å². The molecule has 2 aromatic carbocycles. The van der Waals surface area contributed by atoms with Gasteiger partial charge in [-0.1, -0.05) is 58.9 Å². The second kappa shape index (κ2) is 9.95. The summed E-state index contributed by atoms with van der Waals surface area (Å²) in [5, 5.41) is 6.94. The summed E-state index contributed by atoms with van der Waals surface area (Å²) in [7, 11) is 0. The maximum absolute atomic E-state index is 6.68. The van der Waals surface area contributed by atoms with Crippen LogP contribution in [0.4, 0.5) is 11.4 Å². The largest absolute Gasteiger partial charge is 0.377 e. The van der Waals surface area contributed by atoms with Crippen LogP contribution in [0.5, 0.6) is 0 Å². The Bertz CT molecular complexity index is 889. The number of hydrogen-bond donors (Lipinski definition) is 1. The third kappa shape index (κ3) is 5.44. The summed E-state index contributed by atoms with van der Waals surface area (Å²) in [5.74, 6) is 0.995. The van der Waals surface area contributed by atoms with E-state index in [-0.39, 0.29) is 17.5 Å². The number of guanidine groups is 1. The average molecular weight is 437 g/mol. The van der Waals surface area contributed by atoms with Crippen LogP contribution in [0.25, 0.3) is 0 Å². The highest BCUT2D eigenvalue weighted by molar-refractivity contribution is 6.01. The van der Waals surface area contributed by atoms with Crippen molar-refractivity contribution in [3.8, 4) is 0 Å². The first-order valence-electron chi connectivity index (χ1n) is 11.8. The van der Waals surface area contributed by atoms with E-state index in [4.69, 9.17) is 15.6 Å². The molecule has 1 saturated heterocycles. The van der Waals surface area contributed by atoms with Gasteiger partial charge in [0.15, 0.2) is 0 Å². The quantitative estimate of drug-likeness (QED) is 0.463. The Labute approximate surface area is 194 Å². The Balaban J connectivity index is 2.01. The first-order chi connectivity index (χ1) is 15.1. The Kier molecular flexibility index (Phi) is 7.50. The van der Waals surface area contributed by atoms with Crippen LogP contribution in [0, 0.1) is 0 Å². The second-order valence-corrected chi connectivity index (χ2v) is 10.1. The van der Waals surface area contributed by atoms with E-state index < -0.39 is 0 Å². The van der Waals surface area contributed by atoms with Gasteiger partial charge < -0.3 is 10.5 Å². The van der Waals surface area contributed by atoms with Crippen molar-refractivity contribution in [3.05, 3.63) is 59.7 Å². The Morgan fingerprint density at radius 3 is 2.00 bits per heavy atom. The molecule has 1 aliphatic heterocycles. The van der Waals surface area contributed by atoms with Crippen LogP contribution in [0.2, 0.25) is 0 Å². The fraction of sp³-hybridized carbons (Fsp3) is 0.519. The van der Waals surface area contributed by atoms with Crippen LogP contribution in [-0.2, 0) is 10.2 Å². The molecule has 3 atom stereocenters. The number of benzene rings is 2. The molecule has 0 aliphatic carbocycles. The van der Waals surface area contributed by atoms with E-state index in [1.807, 2.05) is 4.90 Å². The molecule has 5 nitrogen and oxygen atoms in total. The number of hydrogen-bond acceptors (Lipinski definition) is 3. The van der Waals surface area contributed by atoms with Gasteiger partial charge in [-0.2, -0.15) is 0 Å². The van der Waals surface area contributed by atoms with E-state index >= 15 is 0 Å². The molecule has 2 aromatic rings. The molecule has 0 bridgehead atoms. The molecule has 32 heavy (non-hydrogen) atoms. The lowest BCUT2D eigenvalue weighted by Crippen LogP contribution is -2.48. The first-order valence-corrected chi connectivity index (χ1v) is 11.8. The molecule has 2 N–H and O–H groups in total. The molecule has 0 amide bonds. The maximum Gasteiger partial charge on any atom is 0.223 e. The third-order valence-corrected chi connectivity index (χ3v) is 6.39. The summed E-state index contributed by atoms with van der Waals surface area (Å²) in [6.07, 6.45) is 1.12. The monoisotopic (exact) mass is 436 g/mol. The molecule has 0 radical (unpaired) electrons. The molecule has 3 rings (SSSR count). The summed E-state index contributed by atoms with van der Waals surface area (Å²) in [4.78, 5) is 2.04. The fourth-order valence-corrected chi connectivity index (χ4v) is 4.07. The van der Waals surface area contributed by atoms with Crippen LogP contribution in [0.15, 0.2) is 53.6 Å². The first kappa shape index (κ1) is 24.1. The van der Waals surface area contributed by atoms with E-state index in [2.05, 4.69) is 102 Å². The number of anilines is 2. The number of hydrazone groups is 1. The number of nitrogens with two attached hydrogens (primary N) is 1. The second-order valence-electron chi connectivity index (χ2n) is 10.1. The molecule has 0 saturated carbocycles. The molecular weight excluding hydrogens is 396 g/mol. The summed E-state index contributed by atoms with van der Waals surface area (Å²) in [6, 6.07) is 17.7. The van der Waals surface area contributed by atoms with E-state index in [0.29, 0.717) is 25.1 Å².